The molecular formula is C22H22FN5O2S. The van der Waals surface area contributed by atoms with E-state index in [1.807, 2.05) is 24.3 Å². The molecule has 1 aromatic heterocycles. The molecular weight excluding hydrogens is 417 g/mol. The maximum Gasteiger partial charge on any atom is 0.256 e. The van der Waals surface area contributed by atoms with E-state index >= 15 is 0 Å². The number of nitrogens with one attached hydrogen (secondary N) is 1. The summed E-state index contributed by atoms with van der Waals surface area (Å²) in [6, 6.07) is 13.5. The minimum atomic E-state index is -0.522. The second-order valence-corrected chi connectivity index (χ2v) is 8.16. The van der Waals surface area contributed by atoms with Crippen LogP contribution in [0.4, 0.5) is 4.39 Å². The number of hydrogen-bond acceptors (Lipinski definition) is 5. The Kier molecular flexibility index (Phi) is 6.61. The van der Waals surface area contributed by atoms with Crippen LogP contribution in [0.5, 0.6) is 0 Å². The van der Waals surface area contributed by atoms with Gasteiger partial charge in [0.05, 0.1) is 5.56 Å². The Morgan fingerprint density at radius 1 is 0.968 bits per heavy atom. The van der Waals surface area contributed by atoms with Crippen LogP contribution in [-0.4, -0.2) is 63.0 Å². The number of aromatic amines is 1. The van der Waals surface area contributed by atoms with Crippen molar-refractivity contribution in [3.05, 3.63) is 77.4 Å². The van der Waals surface area contributed by atoms with Gasteiger partial charge in [-0.25, -0.2) is 9.37 Å². The summed E-state index contributed by atoms with van der Waals surface area (Å²) in [4.78, 5) is 33.1. The molecule has 0 aliphatic carbocycles. The molecule has 0 unspecified atom stereocenters. The fourth-order valence-corrected chi connectivity index (χ4v) is 4.21. The normalized spacial score (nSPS) is 14.4. The molecule has 1 aliphatic heterocycles. The number of aromatic nitrogens is 3. The Labute approximate surface area is 183 Å². The molecule has 1 saturated heterocycles. The smallest absolute Gasteiger partial charge is 0.256 e. The average molecular weight is 440 g/mol. The van der Waals surface area contributed by atoms with E-state index in [4.69, 9.17) is 0 Å². The number of H-pyrrole nitrogens is 1. The first-order chi connectivity index (χ1) is 15.1. The lowest BCUT2D eigenvalue weighted by Gasteiger charge is -2.22. The summed E-state index contributed by atoms with van der Waals surface area (Å²) >= 11 is 1.54. The van der Waals surface area contributed by atoms with Gasteiger partial charge >= 0.3 is 0 Å². The van der Waals surface area contributed by atoms with E-state index in [0.29, 0.717) is 38.2 Å². The number of hydrogen-bond donors (Lipinski definition) is 1. The van der Waals surface area contributed by atoms with E-state index in [1.165, 1.54) is 30.2 Å². The fourth-order valence-electron chi connectivity index (χ4n) is 3.47. The third kappa shape index (κ3) is 5.11. The zero-order valence-corrected chi connectivity index (χ0v) is 17.6. The van der Waals surface area contributed by atoms with Crippen LogP contribution in [0.1, 0.15) is 32.7 Å². The molecule has 0 atom stereocenters. The molecule has 2 heterocycles. The van der Waals surface area contributed by atoms with Gasteiger partial charge in [0.1, 0.15) is 12.1 Å². The van der Waals surface area contributed by atoms with E-state index in [-0.39, 0.29) is 17.4 Å². The summed E-state index contributed by atoms with van der Waals surface area (Å²) in [6.07, 6.45) is 2.12. The molecule has 0 radical (unpaired) electrons. The van der Waals surface area contributed by atoms with Gasteiger partial charge in [0.2, 0.25) is 0 Å². The predicted octanol–water partition coefficient (Wildman–Crippen LogP) is 3.22. The van der Waals surface area contributed by atoms with Crippen LogP contribution in [0.25, 0.3) is 0 Å². The van der Waals surface area contributed by atoms with E-state index in [0.717, 1.165) is 16.5 Å². The molecule has 160 valence electrons. The van der Waals surface area contributed by atoms with Crippen molar-refractivity contribution in [2.75, 3.05) is 26.2 Å². The second-order valence-electron chi connectivity index (χ2n) is 7.19. The molecule has 7 nitrogen and oxygen atoms in total. The highest BCUT2D eigenvalue weighted by molar-refractivity contribution is 7.98. The molecule has 2 amide bonds. The van der Waals surface area contributed by atoms with Crippen LogP contribution in [0.2, 0.25) is 0 Å². The van der Waals surface area contributed by atoms with Gasteiger partial charge in [-0.1, -0.05) is 36.0 Å². The van der Waals surface area contributed by atoms with Crippen molar-refractivity contribution in [1.29, 1.82) is 0 Å². The largest absolute Gasteiger partial charge is 0.337 e. The summed E-state index contributed by atoms with van der Waals surface area (Å²) in [6.45, 7) is 1.85. The third-order valence-corrected chi connectivity index (χ3v) is 6.09. The topological polar surface area (TPSA) is 82.2 Å². The van der Waals surface area contributed by atoms with Crippen molar-refractivity contribution >= 4 is 23.6 Å². The molecule has 0 spiro atoms. The first kappa shape index (κ1) is 21.0. The van der Waals surface area contributed by atoms with Gasteiger partial charge in [0, 0.05) is 37.5 Å². The summed E-state index contributed by atoms with van der Waals surface area (Å²) in [5.74, 6) is -0.192. The molecule has 1 aliphatic rings. The summed E-state index contributed by atoms with van der Waals surface area (Å²) in [5, 5.41) is 7.37. The molecule has 31 heavy (non-hydrogen) atoms. The number of amides is 2. The third-order valence-electron chi connectivity index (χ3n) is 5.14. The number of rotatable bonds is 5. The van der Waals surface area contributed by atoms with Crippen molar-refractivity contribution in [1.82, 2.24) is 25.0 Å². The van der Waals surface area contributed by atoms with Crippen LogP contribution >= 0.6 is 11.8 Å². The van der Waals surface area contributed by atoms with Crippen molar-refractivity contribution in [3.63, 3.8) is 0 Å². The predicted molar refractivity (Wildman–Crippen MR) is 115 cm³/mol. The first-order valence-electron chi connectivity index (χ1n) is 10.0. The number of carbonyl (C=O) groups is 2. The van der Waals surface area contributed by atoms with Crippen LogP contribution in [0.15, 0.2) is 60.0 Å². The van der Waals surface area contributed by atoms with Crippen LogP contribution in [0.3, 0.4) is 0 Å². The minimum absolute atomic E-state index is 0.0605. The Balaban J connectivity index is 1.35. The molecule has 1 fully saturated rings. The SMILES string of the molecule is O=C(c1ccc(CSc2ncn[nH]2)cc1)N1CCCN(C(=O)c2ccccc2F)CC1. The lowest BCUT2D eigenvalue weighted by molar-refractivity contribution is 0.0716. The lowest BCUT2D eigenvalue weighted by atomic mass is 10.1. The Hall–Kier alpha value is -3.20. The van der Waals surface area contributed by atoms with Crippen LogP contribution in [-0.2, 0) is 5.75 Å². The zero-order chi connectivity index (χ0) is 21.6. The summed E-state index contributed by atoms with van der Waals surface area (Å²) in [7, 11) is 0. The van der Waals surface area contributed by atoms with Crippen molar-refractivity contribution in [2.45, 2.75) is 17.3 Å². The van der Waals surface area contributed by atoms with E-state index in [1.54, 1.807) is 21.9 Å². The Morgan fingerprint density at radius 3 is 2.35 bits per heavy atom. The van der Waals surface area contributed by atoms with E-state index in [9.17, 15) is 14.0 Å². The first-order valence-corrected chi connectivity index (χ1v) is 11.0. The van der Waals surface area contributed by atoms with Gasteiger partial charge in [-0.3, -0.25) is 14.7 Å². The van der Waals surface area contributed by atoms with Gasteiger partial charge < -0.3 is 9.80 Å². The lowest BCUT2D eigenvalue weighted by Crippen LogP contribution is -2.37. The zero-order valence-electron chi connectivity index (χ0n) is 16.8. The Morgan fingerprint density at radius 2 is 1.68 bits per heavy atom. The molecule has 4 rings (SSSR count). The molecule has 0 bridgehead atoms. The van der Waals surface area contributed by atoms with E-state index < -0.39 is 5.82 Å². The van der Waals surface area contributed by atoms with Crippen LogP contribution in [0, 0.1) is 5.82 Å². The minimum Gasteiger partial charge on any atom is -0.337 e. The van der Waals surface area contributed by atoms with Gasteiger partial charge in [-0.2, -0.15) is 5.10 Å². The molecule has 0 saturated carbocycles. The maximum absolute atomic E-state index is 14.0. The van der Waals surface area contributed by atoms with Gasteiger partial charge in [0.15, 0.2) is 5.16 Å². The van der Waals surface area contributed by atoms with Gasteiger partial charge in [-0.15, -0.1) is 0 Å². The number of nitrogens with zero attached hydrogens (tertiary/aromatic N) is 4. The highest BCUT2D eigenvalue weighted by Gasteiger charge is 2.24. The number of thioether (sulfide) groups is 1. The quantitative estimate of drug-likeness (QED) is 0.618. The Bertz CT molecular complexity index is 1040. The monoisotopic (exact) mass is 439 g/mol. The van der Waals surface area contributed by atoms with Crippen molar-refractivity contribution < 1.29 is 14.0 Å². The van der Waals surface area contributed by atoms with Crippen LogP contribution < -0.4 is 0 Å². The fraction of sp³-hybridized carbons (Fsp3) is 0.273. The number of benzene rings is 2. The number of carbonyl (C=O) groups excluding carboxylic acids is 2. The van der Waals surface area contributed by atoms with Gasteiger partial charge in [0.25, 0.3) is 11.8 Å². The highest BCUT2D eigenvalue weighted by Crippen LogP contribution is 2.19. The molecule has 2 aromatic carbocycles. The number of halogens is 1. The summed E-state index contributed by atoms with van der Waals surface area (Å²) < 4.78 is 14.0. The molecule has 1 N–H and O–H groups in total. The molecule has 9 heteroatoms. The second kappa shape index (κ2) is 9.74. The van der Waals surface area contributed by atoms with Crippen molar-refractivity contribution in [3.8, 4) is 0 Å². The van der Waals surface area contributed by atoms with E-state index in [2.05, 4.69) is 15.2 Å². The van der Waals surface area contributed by atoms with Crippen molar-refractivity contribution in [2.24, 2.45) is 0 Å². The highest BCUT2D eigenvalue weighted by atomic mass is 32.2. The average Bonchev–Trinajstić information content (AvgIpc) is 3.20. The molecule has 3 aromatic rings. The standard InChI is InChI=1S/C22H22FN5O2S/c23-19-5-2-1-4-18(19)21(30)28-11-3-10-27(12-13-28)20(29)17-8-6-16(7-9-17)14-31-22-24-15-25-26-22/h1-2,4-9,15H,3,10-14H2,(H,24,25,26). The van der Waals surface area contributed by atoms with Gasteiger partial charge in [-0.05, 0) is 36.2 Å². The maximum atomic E-state index is 14.0. The summed E-state index contributed by atoms with van der Waals surface area (Å²) in [5.41, 5.74) is 1.76.